The molecule has 19 nitrogen and oxygen atoms in total. The van der Waals surface area contributed by atoms with E-state index in [9.17, 15) is 62.6 Å². The van der Waals surface area contributed by atoms with Crippen molar-refractivity contribution in [3.63, 3.8) is 0 Å². The SMILES string of the molecule is Cc1cc(C)c(NS(=O)(=O)c2ccccc2)c(C)c1Nc1ccc2c(-c3ccccc3S(=O)(=O)O)c3cc/c(=N\c4c(C)c(NS(=O)(=O)c5cc(C(=O)O)cc(C(=O)O)c5)c(C)c(S(=O)(=O)O)c4C)cc-3oc2c1. The maximum Gasteiger partial charge on any atom is 0.335 e. The van der Waals surface area contributed by atoms with Crippen LogP contribution in [0, 0.1) is 41.5 Å². The van der Waals surface area contributed by atoms with Gasteiger partial charge in [-0.15, -0.1) is 0 Å². The van der Waals surface area contributed by atoms with Gasteiger partial charge in [0.05, 0.1) is 43.3 Å². The fourth-order valence-electron chi connectivity index (χ4n) is 8.90. The molecule has 1 aliphatic carbocycles. The molecular formula is C51H44N4O15S4. The second-order valence-corrected chi connectivity index (χ2v) is 23.4. The Balaban J connectivity index is 1.32. The van der Waals surface area contributed by atoms with Crippen molar-refractivity contribution in [2.45, 2.75) is 61.1 Å². The second-order valence-electron chi connectivity index (χ2n) is 17.2. The van der Waals surface area contributed by atoms with Gasteiger partial charge >= 0.3 is 11.9 Å². The summed E-state index contributed by atoms with van der Waals surface area (Å²) in [6, 6.07) is 27.1. The third-order valence-corrected chi connectivity index (χ3v) is 17.0. The molecule has 0 radical (unpaired) electrons. The summed E-state index contributed by atoms with van der Waals surface area (Å²) >= 11 is 0. The lowest BCUT2D eigenvalue weighted by Crippen LogP contribution is -2.18. The highest BCUT2D eigenvalue weighted by molar-refractivity contribution is 7.93. The molecule has 0 atom stereocenters. The minimum atomic E-state index is -5.12. The molecule has 6 aromatic carbocycles. The maximum atomic E-state index is 13.9. The van der Waals surface area contributed by atoms with Crippen LogP contribution in [0.4, 0.5) is 28.4 Å². The molecule has 0 fully saturated rings. The molecule has 1 heterocycles. The normalized spacial score (nSPS) is 12.5. The van der Waals surface area contributed by atoms with E-state index in [1.54, 1.807) is 56.3 Å². The van der Waals surface area contributed by atoms with Gasteiger partial charge in [-0.25, -0.2) is 31.4 Å². The Labute approximate surface area is 424 Å². The number of fused-ring (bicyclic) bond motifs is 2. The zero-order valence-corrected chi connectivity index (χ0v) is 43.1. The molecule has 0 amide bonds. The number of benzene rings is 7. The number of hydrogen-bond donors (Lipinski definition) is 7. The molecule has 2 aliphatic rings. The molecule has 23 heteroatoms. The highest BCUT2D eigenvalue weighted by Gasteiger charge is 2.30. The molecule has 7 N–H and O–H groups in total. The molecular weight excluding hydrogens is 1040 g/mol. The van der Waals surface area contributed by atoms with Crippen molar-refractivity contribution < 1.29 is 67.0 Å². The van der Waals surface area contributed by atoms with E-state index in [0.29, 0.717) is 44.7 Å². The van der Waals surface area contributed by atoms with Crippen LogP contribution in [0.15, 0.2) is 144 Å². The summed E-state index contributed by atoms with van der Waals surface area (Å²) in [5.41, 5.74) is 2.04. The molecule has 0 saturated heterocycles. The number of anilines is 4. The van der Waals surface area contributed by atoms with Crippen LogP contribution in [0.1, 0.15) is 54.1 Å². The monoisotopic (exact) mass is 1080 g/mol. The molecule has 382 valence electrons. The van der Waals surface area contributed by atoms with E-state index in [2.05, 4.69) is 14.8 Å². The van der Waals surface area contributed by atoms with Crippen LogP contribution in [-0.4, -0.2) is 64.9 Å². The Bertz CT molecular complexity index is 4180. The van der Waals surface area contributed by atoms with Gasteiger partial charge in [-0.2, -0.15) is 16.8 Å². The average Bonchev–Trinajstić information content (AvgIpc) is 3.33. The van der Waals surface area contributed by atoms with E-state index in [-0.39, 0.29) is 55.2 Å². The molecule has 0 bridgehead atoms. The van der Waals surface area contributed by atoms with Gasteiger partial charge in [-0.1, -0.05) is 42.5 Å². The molecule has 8 rings (SSSR count). The first-order chi connectivity index (χ1) is 34.6. The molecule has 0 unspecified atom stereocenters. The largest absolute Gasteiger partial charge is 0.478 e. The van der Waals surface area contributed by atoms with Crippen LogP contribution >= 0.6 is 0 Å². The van der Waals surface area contributed by atoms with Crippen molar-refractivity contribution in [1.82, 2.24) is 0 Å². The predicted molar refractivity (Wildman–Crippen MR) is 276 cm³/mol. The van der Waals surface area contributed by atoms with E-state index in [0.717, 1.165) is 23.8 Å². The van der Waals surface area contributed by atoms with Gasteiger partial charge in [0.25, 0.3) is 40.3 Å². The number of aryl methyl sites for hydroxylation is 2. The van der Waals surface area contributed by atoms with Crippen molar-refractivity contribution in [1.29, 1.82) is 0 Å². The van der Waals surface area contributed by atoms with Crippen LogP contribution in [0.2, 0.25) is 0 Å². The fraction of sp³-hybridized carbons (Fsp3) is 0.118. The Morgan fingerprint density at radius 2 is 1.14 bits per heavy atom. The minimum absolute atomic E-state index is 0.0237. The van der Waals surface area contributed by atoms with E-state index in [1.807, 2.05) is 13.0 Å². The zero-order chi connectivity index (χ0) is 54.0. The van der Waals surface area contributed by atoms with E-state index in [1.165, 1.54) is 69.3 Å². The summed E-state index contributed by atoms with van der Waals surface area (Å²) in [6.07, 6.45) is 0. The first kappa shape index (κ1) is 52.4. The van der Waals surface area contributed by atoms with Gasteiger partial charge in [0, 0.05) is 45.6 Å². The number of hydrogen-bond acceptors (Lipinski definition) is 13. The summed E-state index contributed by atoms with van der Waals surface area (Å²) in [5.74, 6) is -3.17. The topological polar surface area (TPSA) is 313 Å². The Kier molecular flexibility index (Phi) is 13.6. The maximum absolute atomic E-state index is 13.9. The number of nitrogens with one attached hydrogen (secondary N) is 3. The van der Waals surface area contributed by atoms with Crippen molar-refractivity contribution in [3.05, 3.63) is 165 Å². The molecule has 1 aliphatic heterocycles. The number of aromatic carboxylic acids is 2. The van der Waals surface area contributed by atoms with E-state index in [4.69, 9.17) is 9.41 Å². The fourth-order valence-corrected chi connectivity index (χ4v) is 13.0. The Morgan fingerprint density at radius 3 is 1.76 bits per heavy atom. The highest BCUT2D eigenvalue weighted by Crippen LogP contribution is 2.45. The average molecular weight is 1080 g/mol. The van der Waals surface area contributed by atoms with Crippen molar-refractivity contribution in [2.75, 3.05) is 14.8 Å². The standard InChI is InChI=1S/C51H44N4O15S4/c1-26-20-27(2)46(54-71(60,61)36-12-8-7-9-13-36)28(3)45(26)52-34-16-18-38-41(24-34)70-42-25-35(17-19-39(42)44(38)40-14-10-11-15-43(40)73(64,65)66)53-47-29(4)48(31(6)49(30(47)5)74(67,68)69)55-72(62,63)37-22-32(50(56)57)21-33(23-37)51(58)59/h7-25,52,54-55H,1-6H3,(H,56,57)(H,58,59)(H,64,65,66)(H,67,68,69)/b53-35+. The molecule has 0 spiro atoms. The number of carbonyl (C=O) groups is 2. The summed E-state index contributed by atoms with van der Waals surface area (Å²) in [4.78, 5) is 26.5. The van der Waals surface area contributed by atoms with Crippen molar-refractivity contribution >= 4 is 91.6 Å². The van der Waals surface area contributed by atoms with Crippen LogP contribution in [0.25, 0.3) is 33.4 Å². The van der Waals surface area contributed by atoms with Gasteiger partial charge in [0.1, 0.15) is 21.1 Å². The summed E-state index contributed by atoms with van der Waals surface area (Å²) < 4.78 is 139. The van der Waals surface area contributed by atoms with Gasteiger partial charge in [0.15, 0.2) is 0 Å². The second kappa shape index (κ2) is 19.2. The number of carboxylic acid groups (broad SMARTS) is 2. The van der Waals surface area contributed by atoms with Gasteiger partial charge in [-0.3, -0.25) is 18.5 Å². The number of nitrogens with zero attached hydrogens (tertiary/aromatic N) is 1. The van der Waals surface area contributed by atoms with Crippen LogP contribution in [-0.2, 0) is 40.3 Å². The van der Waals surface area contributed by atoms with Crippen LogP contribution in [0.5, 0.6) is 0 Å². The zero-order valence-electron chi connectivity index (χ0n) is 39.8. The smallest absolute Gasteiger partial charge is 0.335 e. The lowest BCUT2D eigenvalue weighted by Gasteiger charge is -2.21. The number of sulfonamides is 2. The molecule has 0 aromatic heterocycles. The number of rotatable bonds is 14. The Morgan fingerprint density at radius 1 is 0.541 bits per heavy atom. The quantitative estimate of drug-likeness (QED) is 0.0394. The number of carboxylic acids is 2. The summed E-state index contributed by atoms with van der Waals surface area (Å²) in [7, 11) is -18.8. The van der Waals surface area contributed by atoms with Gasteiger partial charge in [0.2, 0.25) is 0 Å². The molecule has 74 heavy (non-hydrogen) atoms. The third-order valence-electron chi connectivity index (χ3n) is 12.3. The predicted octanol–water partition coefficient (Wildman–Crippen LogP) is 9.52. The lowest BCUT2D eigenvalue weighted by atomic mass is 9.93. The van der Waals surface area contributed by atoms with E-state index < -0.39 is 78.0 Å². The summed E-state index contributed by atoms with van der Waals surface area (Å²) in [5, 5.41) is 23.1. The molecule has 6 aromatic rings. The first-order valence-electron chi connectivity index (χ1n) is 21.9. The van der Waals surface area contributed by atoms with Gasteiger partial charge < -0.3 is 19.9 Å². The minimum Gasteiger partial charge on any atom is -0.478 e. The third kappa shape index (κ3) is 10.1. The lowest BCUT2D eigenvalue weighted by molar-refractivity contribution is 0.0696. The van der Waals surface area contributed by atoms with Crippen LogP contribution < -0.4 is 20.1 Å². The van der Waals surface area contributed by atoms with Crippen LogP contribution in [0.3, 0.4) is 0 Å². The van der Waals surface area contributed by atoms with Crippen molar-refractivity contribution in [3.8, 4) is 22.5 Å². The Hall–Kier alpha value is -7.93. The summed E-state index contributed by atoms with van der Waals surface area (Å²) in [6.45, 7) is 9.31. The van der Waals surface area contributed by atoms with Crippen molar-refractivity contribution in [2.24, 2.45) is 4.99 Å². The highest BCUT2D eigenvalue weighted by atomic mass is 32.2. The van der Waals surface area contributed by atoms with E-state index >= 15 is 0 Å². The first-order valence-corrected chi connectivity index (χ1v) is 27.8. The van der Waals surface area contributed by atoms with Gasteiger partial charge in [-0.05, 0) is 136 Å². The molecule has 0 saturated carbocycles.